The Morgan fingerprint density at radius 2 is 1.93 bits per heavy atom. The van der Waals surface area contributed by atoms with E-state index in [1.54, 1.807) is 0 Å². The summed E-state index contributed by atoms with van der Waals surface area (Å²) in [4.78, 5) is 28.1. The molecule has 2 unspecified atom stereocenters. The molecule has 0 bridgehead atoms. The van der Waals surface area contributed by atoms with Gasteiger partial charge in [0, 0.05) is 32.8 Å². The molecule has 0 saturated carbocycles. The van der Waals surface area contributed by atoms with Gasteiger partial charge in [0.1, 0.15) is 0 Å². The number of hydrogen-bond donors (Lipinski definition) is 2. The van der Waals surface area contributed by atoms with E-state index in [2.05, 4.69) is 22.8 Å². The van der Waals surface area contributed by atoms with Crippen LogP contribution in [0.5, 0.6) is 0 Å². The molecular formula is C23H33N3O3. The number of nitrogens with one attached hydrogen (secondary N) is 2. The summed E-state index contributed by atoms with van der Waals surface area (Å²) in [7, 11) is 0. The standard InChI is InChI=1S/C23H33N3O3/c27-21(20-9-4-12-24-20)25-16-18-6-5-13-26(17-18)22(28)23(10-14-29-15-11-23)19-7-2-1-3-8-19/h1-3,7-8,18,20,24H,4-6,9-17H2,(H,25,27). The summed E-state index contributed by atoms with van der Waals surface area (Å²) in [6.07, 6.45) is 5.51. The van der Waals surface area contributed by atoms with Gasteiger partial charge in [0.25, 0.3) is 0 Å². The molecule has 1 aromatic carbocycles. The lowest BCUT2D eigenvalue weighted by Crippen LogP contribution is -2.53. The molecular weight excluding hydrogens is 366 g/mol. The molecule has 3 aliphatic heterocycles. The van der Waals surface area contributed by atoms with E-state index in [1.807, 2.05) is 23.1 Å². The second kappa shape index (κ2) is 9.26. The van der Waals surface area contributed by atoms with Crippen molar-refractivity contribution in [1.29, 1.82) is 0 Å². The highest BCUT2D eigenvalue weighted by Gasteiger charge is 2.44. The van der Waals surface area contributed by atoms with E-state index in [-0.39, 0.29) is 17.9 Å². The topological polar surface area (TPSA) is 70.7 Å². The van der Waals surface area contributed by atoms with Gasteiger partial charge in [-0.3, -0.25) is 9.59 Å². The van der Waals surface area contributed by atoms with Gasteiger partial charge in [-0.25, -0.2) is 0 Å². The molecule has 3 saturated heterocycles. The van der Waals surface area contributed by atoms with Crippen LogP contribution in [0, 0.1) is 5.92 Å². The number of benzene rings is 1. The number of amides is 2. The largest absolute Gasteiger partial charge is 0.381 e. The van der Waals surface area contributed by atoms with Crippen molar-refractivity contribution in [3.8, 4) is 0 Å². The fourth-order valence-corrected chi connectivity index (χ4v) is 5.10. The molecule has 1 aromatic rings. The smallest absolute Gasteiger partial charge is 0.237 e. The van der Waals surface area contributed by atoms with Gasteiger partial charge in [-0.2, -0.15) is 0 Å². The molecule has 2 atom stereocenters. The molecule has 0 aromatic heterocycles. The number of carbonyl (C=O) groups is 2. The average Bonchev–Trinajstić information content (AvgIpc) is 3.33. The Balaban J connectivity index is 1.41. The van der Waals surface area contributed by atoms with Crippen molar-refractivity contribution in [1.82, 2.24) is 15.5 Å². The number of rotatable bonds is 5. The molecule has 0 spiro atoms. The van der Waals surface area contributed by atoms with Crippen molar-refractivity contribution in [3.63, 3.8) is 0 Å². The van der Waals surface area contributed by atoms with Crippen LogP contribution < -0.4 is 10.6 Å². The van der Waals surface area contributed by atoms with Crippen molar-refractivity contribution in [3.05, 3.63) is 35.9 Å². The lowest BCUT2D eigenvalue weighted by atomic mass is 9.72. The van der Waals surface area contributed by atoms with E-state index < -0.39 is 5.41 Å². The SMILES string of the molecule is O=C(NCC1CCCN(C(=O)C2(c3ccccc3)CCOCC2)C1)C1CCCN1. The summed E-state index contributed by atoms with van der Waals surface area (Å²) in [6.45, 7) is 4.37. The molecule has 2 amide bonds. The van der Waals surface area contributed by atoms with E-state index in [0.29, 0.717) is 25.7 Å². The molecule has 2 N–H and O–H groups in total. The monoisotopic (exact) mass is 399 g/mol. The van der Waals surface area contributed by atoms with Crippen molar-refractivity contribution < 1.29 is 14.3 Å². The van der Waals surface area contributed by atoms with Gasteiger partial charge in [0.05, 0.1) is 11.5 Å². The predicted molar refractivity (Wildman–Crippen MR) is 112 cm³/mol. The first-order chi connectivity index (χ1) is 14.2. The van der Waals surface area contributed by atoms with E-state index in [9.17, 15) is 9.59 Å². The van der Waals surface area contributed by atoms with Gasteiger partial charge in [-0.05, 0) is 56.6 Å². The minimum atomic E-state index is -0.474. The molecule has 3 fully saturated rings. The van der Waals surface area contributed by atoms with Gasteiger partial charge in [0.15, 0.2) is 0 Å². The predicted octanol–water partition coefficient (Wildman–Crippen LogP) is 1.84. The lowest BCUT2D eigenvalue weighted by Gasteiger charge is -2.43. The number of carbonyl (C=O) groups excluding carboxylic acids is 2. The van der Waals surface area contributed by atoms with E-state index >= 15 is 0 Å². The van der Waals surface area contributed by atoms with Crippen molar-refractivity contribution >= 4 is 11.8 Å². The highest BCUT2D eigenvalue weighted by Crippen LogP contribution is 2.37. The Labute approximate surface area is 173 Å². The Morgan fingerprint density at radius 3 is 2.66 bits per heavy atom. The zero-order valence-corrected chi connectivity index (χ0v) is 17.2. The molecule has 0 radical (unpaired) electrons. The Kier molecular flexibility index (Phi) is 6.50. The summed E-state index contributed by atoms with van der Waals surface area (Å²) >= 11 is 0. The first-order valence-corrected chi connectivity index (χ1v) is 11.1. The lowest BCUT2D eigenvalue weighted by molar-refractivity contribution is -0.143. The van der Waals surface area contributed by atoms with E-state index in [1.165, 1.54) is 0 Å². The van der Waals surface area contributed by atoms with Crippen LogP contribution in [0.3, 0.4) is 0 Å². The fourth-order valence-electron chi connectivity index (χ4n) is 5.10. The third kappa shape index (κ3) is 4.48. The van der Waals surface area contributed by atoms with Crippen LogP contribution in [-0.4, -0.2) is 62.1 Å². The van der Waals surface area contributed by atoms with Crippen molar-refractivity contribution in [2.24, 2.45) is 5.92 Å². The fraction of sp³-hybridized carbons (Fsp3) is 0.652. The summed E-state index contributed by atoms with van der Waals surface area (Å²) in [5.74, 6) is 0.669. The molecule has 158 valence electrons. The number of ether oxygens (including phenoxy) is 1. The van der Waals surface area contributed by atoms with Crippen LogP contribution in [0.15, 0.2) is 30.3 Å². The number of nitrogens with zero attached hydrogens (tertiary/aromatic N) is 1. The Hall–Kier alpha value is -1.92. The van der Waals surface area contributed by atoms with E-state index in [0.717, 1.165) is 63.7 Å². The summed E-state index contributed by atoms with van der Waals surface area (Å²) in [5, 5.41) is 6.36. The highest BCUT2D eigenvalue weighted by molar-refractivity contribution is 5.88. The number of hydrogen-bond acceptors (Lipinski definition) is 4. The maximum absolute atomic E-state index is 13.7. The maximum Gasteiger partial charge on any atom is 0.237 e. The molecule has 0 aliphatic carbocycles. The molecule has 3 heterocycles. The summed E-state index contributed by atoms with van der Waals surface area (Å²) in [6, 6.07) is 10.2. The third-order valence-electron chi connectivity index (χ3n) is 6.83. The summed E-state index contributed by atoms with van der Waals surface area (Å²) < 4.78 is 5.59. The molecule has 3 aliphatic rings. The van der Waals surface area contributed by atoms with Crippen molar-refractivity contribution in [2.45, 2.75) is 50.0 Å². The van der Waals surface area contributed by atoms with Crippen LogP contribution in [-0.2, 0) is 19.7 Å². The Bertz CT molecular complexity index is 697. The second-order valence-corrected chi connectivity index (χ2v) is 8.71. The average molecular weight is 400 g/mol. The van der Waals surface area contributed by atoms with Gasteiger partial charge >= 0.3 is 0 Å². The maximum atomic E-state index is 13.7. The molecule has 4 rings (SSSR count). The van der Waals surface area contributed by atoms with Gasteiger partial charge in [0.2, 0.25) is 11.8 Å². The zero-order valence-electron chi connectivity index (χ0n) is 17.2. The van der Waals surface area contributed by atoms with Gasteiger partial charge in [-0.1, -0.05) is 30.3 Å². The van der Waals surface area contributed by atoms with Gasteiger partial charge < -0.3 is 20.3 Å². The number of likely N-dealkylation sites (tertiary alicyclic amines) is 1. The summed E-state index contributed by atoms with van der Waals surface area (Å²) in [5.41, 5.74) is 0.634. The molecule has 6 nitrogen and oxygen atoms in total. The van der Waals surface area contributed by atoms with Gasteiger partial charge in [-0.15, -0.1) is 0 Å². The van der Waals surface area contributed by atoms with Crippen LogP contribution in [0.4, 0.5) is 0 Å². The van der Waals surface area contributed by atoms with Crippen LogP contribution in [0.1, 0.15) is 44.1 Å². The molecule has 29 heavy (non-hydrogen) atoms. The van der Waals surface area contributed by atoms with E-state index in [4.69, 9.17) is 4.74 Å². The second-order valence-electron chi connectivity index (χ2n) is 8.71. The van der Waals surface area contributed by atoms with Crippen molar-refractivity contribution in [2.75, 3.05) is 39.4 Å². The van der Waals surface area contributed by atoms with Crippen LogP contribution in [0.25, 0.3) is 0 Å². The minimum Gasteiger partial charge on any atom is -0.381 e. The Morgan fingerprint density at radius 1 is 1.14 bits per heavy atom. The highest BCUT2D eigenvalue weighted by atomic mass is 16.5. The first-order valence-electron chi connectivity index (χ1n) is 11.1. The quantitative estimate of drug-likeness (QED) is 0.793. The molecule has 6 heteroatoms. The first kappa shape index (κ1) is 20.4. The third-order valence-corrected chi connectivity index (χ3v) is 6.83. The normalized spacial score (nSPS) is 26.8. The minimum absolute atomic E-state index is 0.0417. The number of piperidine rings is 1. The zero-order chi connectivity index (χ0) is 20.1. The van der Waals surface area contributed by atoms with Crippen LogP contribution in [0.2, 0.25) is 0 Å². The van der Waals surface area contributed by atoms with Crippen LogP contribution >= 0.6 is 0 Å².